The number of rotatable bonds is 7. The maximum Gasteiger partial charge on any atom is 0.345 e. The zero-order valence-electron chi connectivity index (χ0n) is 14.6. The number of carboxylic acid groups (broad SMARTS) is 1. The van der Waals surface area contributed by atoms with Gasteiger partial charge in [0.2, 0.25) is 0 Å². The van der Waals surface area contributed by atoms with Gasteiger partial charge >= 0.3 is 5.97 Å². The number of aromatic nitrogens is 1. The minimum absolute atomic E-state index is 0.00982. The molecule has 2 aromatic heterocycles. The van der Waals surface area contributed by atoms with Crippen LogP contribution in [0.15, 0.2) is 36.7 Å². The third-order valence-corrected chi connectivity index (χ3v) is 6.78. The summed E-state index contributed by atoms with van der Waals surface area (Å²) in [6.07, 6.45) is 10.00. The van der Waals surface area contributed by atoms with Crippen LogP contribution in [0.3, 0.4) is 0 Å². The number of carbonyl (C=O) groups is 1. The highest BCUT2D eigenvalue weighted by Gasteiger charge is 2.39. The van der Waals surface area contributed by atoms with Crippen LogP contribution >= 0.6 is 34.5 Å². The summed E-state index contributed by atoms with van der Waals surface area (Å²) < 4.78 is 0. The lowest BCUT2D eigenvalue weighted by atomic mass is 9.89. The van der Waals surface area contributed by atoms with Crippen molar-refractivity contribution in [2.45, 2.75) is 37.2 Å². The molecule has 0 saturated heterocycles. The van der Waals surface area contributed by atoms with Crippen LogP contribution in [0.5, 0.6) is 0 Å². The Balaban J connectivity index is 1.60. The molecule has 1 fully saturated rings. The number of thiophene rings is 1. The molecule has 1 saturated carbocycles. The Morgan fingerprint density at radius 3 is 2.89 bits per heavy atom. The number of hydrogen-bond acceptors (Lipinski definition) is 4. The molecule has 2 heterocycles. The summed E-state index contributed by atoms with van der Waals surface area (Å²) in [6, 6.07) is 5.35. The molecular formula is C20H21Cl2NO3S. The molecule has 0 aliphatic heterocycles. The maximum absolute atomic E-state index is 11.0. The Hall–Kier alpha value is -1.40. The highest BCUT2D eigenvalue weighted by atomic mass is 35.5. The molecule has 0 radical (unpaired) electrons. The molecule has 27 heavy (non-hydrogen) atoms. The second-order valence-corrected chi connectivity index (χ2v) is 8.98. The molecule has 0 aromatic carbocycles. The fourth-order valence-corrected chi connectivity index (χ4v) is 5.16. The van der Waals surface area contributed by atoms with Gasteiger partial charge in [-0.3, -0.25) is 4.98 Å². The van der Waals surface area contributed by atoms with Gasteiger partial charge in [0.25, 0.3) is 0 Å². The van der Waals surface area contributed by atoms with Crippen molar-refractivity contribution in [3.05, 3.63) is 57.0 Å². The first-order valence-electron chi connectivity index (χ1n) is 8.87. The molecule has 4 nitrogen and oxygen atoms in total. The van der Waals surface area contributed by atoms with Gasteiger partial charge in [-0.05, 0) is 55.4 Å². The summed E-state index contributed by atoms with van der Waals surface area (Å²) in [7, 11) is 0. The predicted molar refractivity (Wildman–Crippen MR) is 110 cm³/mol. The van der Waals surface area contributed by atoms with Crippen LogP contribution < -0.4 is 0 Å². The van der Waals surface area contributed by atoms with Crippen molar-refractivity contribution in [2.75, 3.05) is 0 Å². The Morgan fingerprint density at radius 1 is 1.37 bits per heavy atom. The van der Waals surface area contributed by atoms with Gasteiger partial charge in [0.15, 0.2) is 0 Å². The van der Waals surface area contributed by atoms with Crippen molar-refractivity contribution in [1.29, 1.82) is 0 Å². The number of pyridine rings is 1. The van der Waals surface area contributed by atoms with Crippen molar-refractivity contribution in [3.8, 4) is 0 Å². The largest absolute Gasteiger partial charge is 0.477 e. The van der Waals surface area contributed by atoms with E-state index in [0.717, 1.165) is 29.7 Å². The van der Waals surface area contributed by atoms with E-state index in [1.807, 2.05) is 24.3 Å². The lowest BCUT2D eigenvalue weighted by molar-refractivity contribution is 0.0702. The van der Waals surface area contributed by atoms with Crippen LogP contribution in [0.1, 0.15) is 39.4 Å². The number of carboxylic acids is 1. The topological polar surface area (TPSA) is 70.4 Å². The molecule has 4 atom stereocenters. The highest BCUT2D eigenvalue weighted by molar-refractivity contribution is 7.13. The monoisotopic (exact) mass is 425 g/mol. The molecule has 2 aromatic rings. The summed E-state index contributed by atoms with van der Waals surface area (Å²) >= 11 is 13.8. The van der Waals surface area contributed by atoms with E-state index in [-0.39, 0.29) is 17.2 Å². The van der Waals surface area contributed by atoms with Gasteiger partial charge in [-0.25, -0.2) is 4.79 Å². The number of aliphatic hydroxyl groups excluding tert-OH is 1. The van der Waals surface area contributed by atoms with Gasteiger partial charge in [-0.2, -0.15) is 0 Å². The van der Waals surface area contributed by atoms with Crippen LogP contribution in [0, 0.1) is 11.8 Å². The van der Waals surface area contributed by atoms with Crippen LogP contribution in [0.4, 0.5) is 0 Å². The van der Waals surface area contributed by atoms with Gasteiger partial charge in [-0.1, -0.05) is 23.8 Å². The zero-order valence-corrected chi connectivity index (χ0v) is 16.9. The number of nitrogens with zero attached hydrogens (tertiary/aromatic N) is 1. The van der Waals surface area contributed by atoms with Crippen molar-refractivity contribution >= 4 is 46.6 Å². The van der Waals surface area contributed by atoms with E-state index in [1.165, 1.54) is 11.3 Å². The van der Waals surface area contributed by atoms with Crippen molar-refractivity contribution in [1.82, 2.24) is 4.98 Å². The molecule has 0 bridgehead atoms. The van der Waals surface area contributed by atoms with Gasteiger partial charge in [0, 0.05) is 28.6 Å². The normalized spacial score (nSPS) is 25.3. The summed E-state index contributed by atoms with van der Waals surface area (Å²) in [5.41, 5.74) is 0.895. The Kier molecular flexibility index (Phi) is 6.93. The first-order chi connectivity index (χ1) is 12.9. The molecule has 7 heteroatoms. The summed E-state index contributed by atoms with van der Waals surface area (Å²) in [4.78, 5) is 16.5. The van der Waals surface area contributed by atoms with Gasteiger partial charge < -0.3 is 10.2 Å². The Bertz CT molecular complexity index is 823. The second kappa shape index (κ2) is 9.20. The molecule has 3 rings (SSSR count). The summed E-state index contributed by atoms with van der Waals surface area (Å²) in [5.74, 6) is -0.708. The van der Waals surface area contributed by atoms with Crippen LogP contribution in [-0.2, 0) is 6.42 Å². The lowest BCUT2D eigenvalue weighted by Gasteiger charge is -2.20. The predicted octanol–water partition coefficient (Wildman–Crippen LogP) is 5.14. The zero-order chi connectivity index (χ0) is 19.4. The van der Waals surface area contributed by atoms with E-state index in [2.05, 4.69) is 4.98 Å². The molecule has 0 amide bonds. The van der Waals surface area contributed by atoms with Crippen LogP contribution in [-0.4, -0.2) is 32.6 Å². The average Bonchev–Trinajstić information content (AvgIpc) is 3.19. The molecule has 1 aliphatic carbocycles. The molecule has 144 valence electrons. The quantitative estimate of drug-likeness (QED) is 0.602. The third kappa shape index (κ3) is 5.32. The van der Waals surface area contributed by atoms with Crippen LogP contribution in [0.25, 0.3) is 6.08 Å². The van der Waals surface area contributed by atoms with E-state index in [1.54, 1.807) is 18.5 Å². The fourth-order valence-electron chi connectivity index (χ4n) is 3.61. The number of halogens is 2. The minimum atomic E-state index is -0.883. The third-order valence-electron chi connectivity index (χ3n) is 4.94. The Labute approximate surface area is 172 Å². The van der Waals surface area contributed by atoms with E-state index in [0.29, 0.717) is 16.3 Å². The average molecular weight is 426 g/mol. The number of aliphatic hydroxyl groups is 1. The second-order valence-electron chi connectivity index (χ2n) is 6.82. The minimum Gasteiger partial charge on any atom is -0.477 e. The number of aromatic carboxylic acids is 1. The lowest BCUT2D eigenvalue weighted by Crippen LogP contribution is -2.18. The SMILES string of the molecule is O=C(O)c1ccc(CCC[C@@H]2[C@H](C=Cc3cncc(Cl)c3)[C@H](O)C[C@@H]2Cl)s1. The molecular weight excluding hydrogens is 405 g/mol. The standard InChI is InChI=1S/C20H21Cl2NO3S/c21-13-8-12(10-23-11-13)4-6-16-15(17(22)9-18(16)24)3-1-2-14-5-7-19(27-14)20(25)26/h4-8,10-11,15-18,24H,1-3,9H2,(H,25,26)/t15-,16+,17+,18-/m1/s1. The van der Waals surface area contributed by atoms with Gasteiger partial charge in [0.1, 0.15) is 4.88 Å². The number of aryl methyl sites for hydroxylation is 1. The van der Waals surface area contributed by atoms with E-state index in [9.17, 15) is 9.90 Å². The molecule has 2 N–H and O–H groups in total. The summed E-state index contributed by atoms with van der Waals surface area (Å²) in [5, 5.41) is 19.9. The van der Waals surface area contributed by atoms with Crippen molar-refractivity contribution in [2.24, 2.45) is 11.8 Å². The van der Waals surface area contributed by atoms with Crippen molar-refractivity contribution in [3.63, 3.8) is 0 Å². The molecule has 0 unspecified atom stereocenters. The molecule has 1 aliphatic rings. The molecule has 0 spiro atoms. The fraction of sp³-hybridized carbons (Fsp3) is 0.400. The van der Waals surface area contributed by atoms with E-state index >= 15 is 0 Å². The first-order valence-corrected chi connectivity index (χ1v) is 10.5. The van der Waals surface area contributed by atoms with Crippen LogP contribution in [0.2, 0.25) is 5.02 Å². The number of alkyl halides is 1. The van der Waals surface area contributed by atoms with E-state index < -0.39 is 12.1 Å². The smallest absolute Gasteiger partial charge is 0.345 e. The van der Waals surface area contributed by atoms with E-state index in [4.69, 9.17) is 28.3 Å². The maximum atomic E-state index is 11.0. The van der Waals surface area contributed by atoms with Gasteiger partial charge in [0.05, 0.1) is 11.1 Å². The van der Waals surface area contributed by atoms with Crippen molar-refractivity contribution < 1.29 is 15.0 Å². The van der Waals surface area contributed by atoms with Gasteiger partial charge in [-0.15, -0.1) is 22.9 Å². The highest BCUT2D eigenvalue weighted by Crippen LogP contribution is 2.40. The first kappa shape index (κ1) is 20.3. The summed E-state index contributed by atoms with van der Waals surface area (Å²) in [6.45, 7) is 0. The number of hydrogen-bond donors (Lipinski definition) is 2. The Morgan fingerprint density at radius 2 is 2.19 bits per heavy atom.